The molecule has 6 nitrogen and oxygen atoms in total. The molecule has 148 valence electrons. The first-order chi connectivity index (χ1) is 13.4. The molecule has 0 bridgehead atoms. The summed E-state index contributed by atoms with van der Waals surface area (Å²) in [5.74, 6) is 0.359. The van der Waals surface area contributed by atoms with Crippen molar-refractivity contribution in [2.45, 2.75) is 30.7 Å². The van der Waals surface area contributed by atoms with E-state index < -0.39 is 0 Å². The molecular weight excluding hydrogens is 378 g/mol. The molecule has 0 radical (unpaired) electrons. The Hall–Kier alpha value is -2.67. The SMILES string of the molecule is COc1cc2c(c(OC)c1O)-c1ccc(SC)c(=O)cc1[C@@H](NC(C)=O)CC2. The van der Waals surface area contributed by atoms with Crippen molar-refractivity contribution in [3.63, 3.8) is 0 Å². The number of amides is 1. The molecule has 0 unspecified atom stereocenters. The van der Waals surface area contributed by atoms with Gasteiger partial charge in [0.25, 0.3) is 0 Å². The van der Waals surface area contributed by atoms with Crippen molar-refractivity contribution in [3.05, 3.63) is 45.6 Å². The molecule has 3 rings (SSSR count). The molecule has 0 fully saturated rings. The number of phenolic OH excluding ortho intramolecular Hbond substituents is 1. The molecule has 2 aromatic rings. The summed E-state index contributed by atoms with van der Waals surface area (Å²) in [6, 6.07) is 6.67. The maximum absolute atomic E-state index is 12.7. The predicted molar refractivity (Wildman–Crippen MR) is 110 cm³/mol. The van der Waals surface area contributed by atoms with Crippen LogP contribution in [0.2, 0.25) is 0 Å². The van der Waals surface area contributed by atoms with Crippen molar-refractivity contribution in [1.29, 1.82) is 0 Å². The van der Waals surface area contributed by atoms with Crippen molar-refractivity contribution >= 4 is 17.7 Å². The maximum atomic E-state index is 12.7. The lowest BCUT2D eigenvalue weighted by molar-refractivity contribution is -0.119. The topological polar surface area (TPSA) is 84.9 Å². The van der Waals surface area contributed by atoms with E-state index >= 15 is 0 Å². The summed E-state index contributed by atoms with van der Waals surface area (Å²) in [5, 5.41) is 13.6. The van der Waals surface area contributed by atoms with Gasteiger partial charge in [-0.1, -0.05) is 6.07 Å². The van der Waals surface area contributed by atoms with E-state index in [1.165, 1.54) is 32.9 Å². The zero-order chi connectivity index (χ0) is 20.4. The van der Waals surface area contributed by atoms with Gasteiger partial charge in [-0.3, -0.25) is 9.59 Å². The summed E-state index contributed by atoms with van der Waals surface area (Å²) in [6.45, 7) is 1.46. The molecular formula is C21H23NO5S. The van der Waals surface area contributed by atoms with E-state index in [4.69, 9.17) is 9.47 Å². The highest BCUT2D eigenvalue weighted by Gasteiger charge is 2.28. The van der Waals surface area contributed by atoms with Gasteiger partial charge in [0, 0.05) is 12.5 Å². The van der Waals surface area contributed by atoms with Crippen LogP contribution >= 0.6 is 11.8 Å². The van der Waals surface area contributed by atoms with Crippen molar-refractivity contribution in [3.8, 4) is 28.4 Å². The lowest BCUT2D eigenvalue weighted by Crippen LogP contribution is -2.26. The highest BCUT2D eigenvalue weighted by molar-refractivity contribution is 7.98. The van der Waals surface area contributed by atoms with E-state index in [0.717, 1.165) is 11.1 Å². The molecule has 0 heterocycles. The van der Waals surface area contributed by atoms with Crippen LogP contribution in [0.15, 0.2) is 34.0 Å². The van der Waals surface area contributed by atoms with Crippen LogP contribution in [0.5, 0.6) is 17.2 Å². The van der Waals surface area contributed by atoms with Crippen LogP contribution in [0.3, 0.4) is 0 Å². The van der Waals surface area contributed by atoms with Crippen LogP contribution in [0, 0.1) is 0 Å². The number of nitrogens with one attached hydrogen (secondary N) is 1. The fourth-order valence-electron chi connectivity index (χ4n) is 3.68. The Morgan fingerprint density at radius 2 is 2.00 bits per heavy atom. The average molecular weight is 401 g/mol. The summed E-state index contributed by atoms with van der Waals surface area (Å²) in [6.07, 6.45) is 3.07. The third-order valence-corrected chi connectivity index (χ3v) is 5.69. The molecule has 0 saturated carbocycles. The molecule has 0 saturated heterocycles. The quantitative estimate of drug-likeness (QED) is 0.765. The van der Waals surface area contributed by atoms with Crippen LogP contribution in [-0.4, -0.2) is 31.5 Å². The number of aryl methyl sites for hydroxylation is 1. The van der Waals surface area contributed by atoms with Gasteiger partial charge in [-0.15, -0.1) is 11.8 Å². The first-order valence-electron chi connectivity index (χ1n) is 8.87. The number of hydrogen-bond donors (Lipinski definition) is 2. The number of hydrogen-bond acceptors (Lipinski definition) is 6. The Balaban J connectivity index is 2.40. The number of benzene rings is 1. The van der Waals surface area contributed by atoms with E-state index in [0.29, 0.717) is 40.4 Å². The van der Waals surface area contributed by atoms with Crippen molar-refractivity contribution in [1.82, 2.24) is 5.32 Å². The normalized spacial score (nSPS) is 15.1. The monoisotopic (exact) mass is 401 g/mol. The van der Waals surface area contributed by atoms with E-state index in [2.05, 4.69) is 5.32 Å². The molecule has 1 atom stereocenters. The summed E-state index contributed by atoms with van der Waals surface area (Å²) in [4.78, 5) is 25.1. The van der Waals surface area contributed by atoms with Gasteiger partial charge in [0.1, 0.15) is 0 Å². The summed E-state index contributed by atoms with van der Waals surface area (Å²) >= 11 is 1.37. The average Bonchev–Trinajstić information content (AvgIpc) is 2.90. The van der Waals surface area contributed by atoms with Gasteiger partial charge in [-0.2, -0.15) is 0 Å². The lowest BCUT2D eigenvalue weighted by atomic mass is 9.95. The molecule has 1 aliphatic rings. The molecule has 2 aromatic carbocycles. The van der Waals surface area contributed by atoms with Crippen molar-refractivity contribution < 1.29 is 19.4 Å². The largest absolute Gasteiger partial charge is 0.502 e. The molecule has 0 spiro atoms. The minimum Gasteiger partial charge on any atom is -0.502 e. The van der Waals surface area contributed by atoms with Gasteiger partial charge in [0.2, 0.25) is 11.7 Å². The third kappa shape index (κ3) is 3.54. The number of methoxy groups -OCH3 is 2. The molecule has 28 heavy (non-hydrogen) atoms. The van der Waals surface area contributed by atoms with Crippen LogP contribution in [-0.2, 0) is 11.2 Å². The van der Waals surface area contributed by atoms with Crippen LogP contribution in [0.1, 0.15) is 30.5 Å². The fourth-order valence-corrected chi connectivity index (χ4v) is 4.15. The van der Waals surface area contributed by atoms with Gasteiger partial charge in [-0.25, -0.2) is 0 Å². The van der Waals surface area contributed by atoms with Gasteiger partial charge in [-0.05, 0) is 54.0 Å². The predicted octanol–water partition coefficient (Wildman–Crippen LogP) is 3.28. The Morgan fingerprint density at radius 1 is 1.25 bits per heavy atom. The first-order valence-corrected chi connectivity index (χ1v) is 10.1. The molecule has 2 N–H and O–H groups in total. The number of rotatable bonds is 4. The number of carbonyl (C=O) groups is 1. The van der Waals surface area contributed by atoms with Gasteiger partial charge in [0.15, 0.2) is 16.9 Å². The maximum Gasteiger partial charge on any atom is 0.217 e. The zero-order valence-electron chi connectivity index (χ0n) is 16.3. The van der Waals surface area contributed by atoms with Crippen molar-refractivity contribution in [2.75, 3.05) is 20.5 Å². The van der Waals surface area contributed by atoms with E-state index in [1.54, 1.807) is 18.2 Å². The van der Waals surface area contributed by atoms with Gasteiger partial charge in [0.05, 0.1) is 25.2 Å². The number of thioether (sulfide) groups is 1. The standard InChI is InChI=1S/C21H23NO5S/c1-11(23)22-15-7-5-12-9-17(26-2)20(25)21(27-3)19(12)13-6-8-18(28-4)16(24)10-14(13)15/h6,8-10,15,25H,5,7H2,1-4H3,(H,22,23)/t15-/m0/s1. The molecule has 1 amide bonds. The summed E-state index contributed by atoms with van der Waals surface area (Å²) in [5.41, 5.74) is 2.99. The number of aromatic hydroxyl groups is 1. The van der Waals surface area contributed by atoms with Crippen LogP contribution in [0.4, 0.5) is 0 Å². The van der Waals surface area contributed by atoms with Crippen LogP contribution < -0.4 is 20.2 Å². The van der Waals surface area contributed by atoms with E-state index in [1.807, 2.05) is 12.3 Å². The second kappa shape index (κ2) is 8.14. The highest BCUT2D eigenvalue weighted by Crippen LogP contribution is 2.49. The summed E-state index contributed by atoms with van der Waals surface area (Å²) < 4.78 is 10.8. The number of fused-ring (bicyclic) bond motifs is 3. The Bertz CT molecular complexity index is 989. The number of carbonyl (C=O) groups excluding carboxylic acids is 1. The van der Waals surface area contributed by atoms with Gasteiger partial charge >= 0.3 is 0 Å². The first kappa shape index (κ1) is 20.1. The highest BCUT2D eigenvalue weighted by atomic mass is 32.2. The van der Waals surface area contributed by atoms with Gasteiger partial charge < -0.3 is 19.9 Å². The fraction of sp³-hybridized carbons (Fsp3) is 0.333. The van der Waals surface area contributed by atoms with E-state index in [-0.39, 0.29) is 23.1 Å². The second-order valence-corrected chi connectivity index (χ2v) is 7.41. The number of phenols is 1. The summed E-state index contributed by atoms with van der Waals surface area (Å²) in [7, 11) is 2.97. The van der Waals surface area contributed by atoms with Crippen molar-refractivity contribution in [2.24, 2.45) is 0 Å². The Labute approximate surface area is 167 Å². The van der Waals surface area contributed by atoms with E-state index in [9.17, 15) is 14.7 Å². The minimum atomic E-state index is -0.326. The third-order valence-electron chi connectivity index (χ3n) is 4.91. The lowest BCUT2D eigenvalue weighted by Gasteiger charge is -2.18. The molecule has 0 aliphatic heterocycles. The second-order valence-electron chi connectivity index (χ2n) is 6.57. The van der Waals surface area contributed by atoms with Crippen LogP contribution in [0.25, 0.3) is 11.1 Å². The minimum absolute atomic E-state index is 0.0911. The molecule has 1 aliphatic carbocycles. The zero-order valence-corrected chi connectivity index (χ0v) is 17.1. The molecule has 0 aromatic heterocycles. The number of ether oxygens (including phenoxy) is 2. The molecule has 7 heteroatoms. The smallest absolute Gasteiger partial charge is 0.217 e. The Kier molecular flexibility index (Phi) is 5.84. The Morgan fingerprint density at radius 3 is 2.61 bits per heavy atom.